The van der Waals surface area contributed by atoms with E-state index in [1.54, 1.807) is 7.05 Å². The molecular weight excluding hydrogens is 240 g/mol. The lowest BCUT2D eigenvalue weighted by molar-refractivity contribution is 0.0597. The number of carbonyl (C=O) groups excluding carboxylic acids is 1. The van der Waals surface area contributed by atoms with Gasteiger partial charge in [-0.15, -0.1) is 0 Å². The molecule has 1 amide bonds. The molecule has 0 aliphatic heterocycles. The van der Waals surface area contributed by atoms with E-state index < -0.39 is 0 Å². The van der Waals surface area contributed by atoms with Crippen LogP contribution in [0.15, 0.2) is 30.3 Å². The fourth-order valence-electron chi connectivity index (χ4n) is 2.87. The highest BCUT2D eigenvalue weighted by atomic mass is 16.6. The number of nitrogens with one attached hydrogen (secondary N) is 1. The lowest BCUT2D eigenvalue weighted by atomic mass is 9.69. The lowest BCUT2D eigenvalue weighted by Crippen LogP contribution is -2.41. The normalized spacial score (nSPS) is 26.7. The number of hydrogen-bond acceptors (Lipinski definition) is 3. The second-order valence-corrected chi connectivity index (χ2v) is 5.21. The van der Waals surface area contributed by atoms with Gasteiger partial charge in [-0.1, -0.05) is 30.3 Å². The molecular formula is C15H22N2O2. The number of rotatable bonds is 3. The minimum Gasteiger partial charge on any atom is -0.446 e. The maximum atomic E-state index is 11.2. The van der Waals surface area contributed by atoms with Crippen LogP contribution in [0.25, 0.3) is 0 Å². The zero-order valence-corrected chi connectivity index (χ0v) is 11.4. The predicted molar refractivity (Wildman–Crippen MR) is 75.0 cm³/mol. The Morgan fingerprint density at radius 3 is 2.53 bits per heavy atom. The van der Waals surface area contributed by atoms with E-state index in [2.05, 4.69) is 29.6 Å². The van der Waals surface area contributed by atoms with Crippen LogP contribution in [-0.2, 0) is 10.2 Å². The molecule has 1 fully saturated rings. The molecule has 1 aliphatic carbocycles. The van der Waals surface area contributed by atoms with Gasteiger partial charge in [-0.2, -0.15) is 0 Å². The summed E-state index contributed by atoms with van der Waals surface area (Å²) in [5, 5.41) is 2.49. The van der Waals surface area contributed by atoms with E-state index in [0.717, 1.165) is 25.7 Å². The zero-order valence-electron chi connectivity index (χ0n) is 11.4. The van der Waals surface area contributed by atoms with Gasteiger partial charge in [0.1, 0.15) is 6.10 Å². The van der Waals surface area contributed by atoms with Crippen molar-refractivity contribution in [2.24, 2.45) is 5.73 Å². The third kappa shape index (κ3) is 3.07. The molecule has 0 saturated heterocycles. The number of amides is 1. The third-order valence-electron chi connectivity index (χ3n) is 4.14. The Labute approximate surface area is 114 Å². The molecule has 104 valence electrons. The van der Waals surface area contributed by atoms with E-state index in [4.69, 9.17) is 10.5 Å². The van der Waals surface area contributed by atoms with Crippen molar-refractivity contribution < 1.29 is 9.53 Å². The number of ether oxygens (including phenoxy) is 1. The second-order valence-electron chi connectivity index (χ2n) is 5.21. The minimum atomic E-state index is -0.343. The highest BCUT2D eigenvalue weighted by Crippen LogP contribution is 2.39. The van der Waals surface area contributed by atoms with Crippen molar-refractivity contribution in [2.45, 2.75) is 37.2 Å². The number of benzene rings is 1. The van der Waals surface area contributed by atoms with Crippen LogP contribution in [0.1, 0.15) is 31.2 Å². The Bertz CT molecular complexity index is 411. The number of carbonyl (C=O) groups is 1. The highest BCUT2D eigenvalue weighted by Gasteiger charge is 2.36. The van der Waals surface area contributed by atoms with Crippen LogP contribution in [0.2, 0.25) is 0 Å². The fraction of sp³-hybridized carbons (Fsp3) is 0.533. The van der Waals surface area contributed by atoms with Gasteiger partial charge in [0, 0.05) is 19.0 Å². The lowest BCUT2D eigenvalue weighted by Gasteiger charge is -2.39. The molecule has 1 aromatic rings. The Hall–Kier alpha value is -1.55. The zero-order chi connectivity index (χ0) is 13.7. The van der Waals surface area contributed by atoms with Crippen LogP contribution in [-0.4, -0.2) is 25.8 Å². The van der Waals surface area contributed by atoms with E-state index in [9.17, 15) is 4.79 Å². The van der Waals surface area contributed by atoms with E-state index in [-0.39, 0.29) is 17.6 Å². The van der Waals surface area contributed by atoms with Crippen LogP contribution in [0.3, 0.4) is 0 Å². The summed E-state index contributed by atoms with van der Waals surface area (Å²) in [5.74, 6) is 0. The summed E-state index contributed by atoms with van der Waals surface area (Å²) >= 11 is 0. The van der Waals surface area contributed by atoms with Crippen LogP contribution in [0.4, 0.5) is 4.79 Å². The standard InChI is InChI=1S/C15H22N2O2/c1-17-14(18)19-13-7-9-15(11-16,10-8-13)12-5-3-2-4-6-12/h2-6,13H,7-11,16H2,1H3,(H,17,18). The van der Waals surface area contributed by atoms with Gasteiger partial charge >= 0.3 is 6.09 Å². The molecule has 0 heterocycles. The van der Waals surface area contributed by atoms with Crippen LogP contribution >= 0.6 is 0 Å². The van der Waals surface area contributed by atoms with E-state index in [1.165, 1.54) is 5.56 Å². The van der Waals surface area contributed by atoms with Gasteiger partial charge in [-0.05, 0) is 31.2 Å². The predicted octanol–water partition coefficient (Wildman–Crippen LogP) is 2.18. The summed E-state index contributed by atoms with van der Waals surface area (Å²) in [7, 11) is 1.58. The van der Waals surface area contributed by atoms with Crippen molar-refractivity contribution in [3.63, 3.8) is 0 Å². The number of alkyl carbamates (subject to hydrolysis) is 1. The van der Waals surface area contributed by atoms with Gasteiger partial charge in [-0.25, -0.2) is 4.79 Å². The first-order valence-corrected chi connectivity index (χ1v) is 6.84. The average molecular weight is 262 g/mol. The first-order chi connectivity index (χ1) is 9.20. The van der Waals surface area contributed by atoms with Gasteiger partial charge in [0.25, 0.3) is 0 Å². The quantitative estimate of drug-likeness (QED) is 0.877. The highest BCUT2D eigenvalue weighted by molar-refractivity contribution is 5.66. The van der Waals surface area contributed by atoms with Crippen LogP contribution < -0.4 is 11.1 Å². The van der Waals surface area contributed by atoms with Crippen LogP contribution in [0, 0.1) is 0 Å². The summed E-state index contributed by atoms with van der Waals surface area (Å²) in [6, 6.07) is 10.4. The summed E-state index contributed by atoms with van der Waals surface area (Å²) in [6.45, 7) is 0.643. The number of hydrogen-bond donors (Lipinski definition) is 2. The van der Waals surface area contributed by atoms with Crippen molar-refractivity contribution in [1.29, 1.82) is 0 Å². The Morgan fingerprint density at radius 2 is 2.00 bits per heavy atom. The van der Waals surface area contributed by atoms with Gasteiger partial charge in [0.2, 0.25) is 0 Å². The van der Waals surface area contributed by atoms with Crippen molar-refractivity contribution >= 4 is 6.09 Å². The first kappa shape index (κ1) is 13.9. The third-order valence-corrected chi connectivity index (χ3v) is 4.14. The Kier molecular flexibility index (Phi) is 4.43. The molecule has 19 heavy (non-hydrogen) atoms. The Balaban J connectivity index is 2.02. The van der Waals surface area contributed by atoms with Crippen LogP contribution in [0.5, 0.6) is 0 Å². The molecule has 1 saturated carbocycles. The van der Waals surface area contributed by atoms with Crippen molar-refractivity contribution in [1.82, 2.24) is 5.32 Å². The molecule has 0 spiro atoms. The SMILES string of the molecule is CNC(=O)OC1CCC(CN)(c2ccccc2)CC1. The van der Waals surface area contributed by atoms with Crippen molar-refractivity contribution in [3.8, 4) is 0 Å². The van der Waals surface area contributed by atoms with Gasteiger partial charge < -0.3 is 15.8 Å². The maximum Gasteiger partial charge on any atom is 0.407 e. The van der Waals surface area contributed by atoms with E-state index in [1.807, 2.05) is 6.07 Å². The van der Waals surface area contributed by atoms with Crippen molar-refractivity contribution in [3.05, 3.63) is 35.9 Å². The van der Waals surface area contributed by atoms with E-state index >= 15 is 0 Å². The molecule has 0 unspecified atom stereocenters. The van der Waals surface area contributed by atoms with Crippen molar-refractivity contribution in [2.75, 3.05) is 13.6 Å². The molecule has 0 aromatic heterocycles. The average Bonchev–Trinajstić information content (AvgIpc) is 2.49. The topological polar surface area (TPSA) is 64.3 Å². The van der Waals surface area contributed by atoms with Gasteiger partial charge in [0.15, 0.2) is 0 Å². The Morgan fingerprint density at radius 1 is 1.37 bits per heavy atom. The molecule has 1 aliphatic rings. The largest absolute Gasteiger partial charge is 0.446 e. The summed E-state index contributed by atoms with van der Waals surface area (Å²) in [5.41, 5.74) is 7.37. The number of nitrogens with two attached hydrogens (primary N) is 1. The summed E-state index contributed by atoms with van der Waals surface area (Å²) in [4.78, 5) is 11.2. The first-order valence-electron chi connectivity index (χ1n) is 6.84. The second kappa shape index (κ2) is 6.06. The molecule has 3 N–H and O–H groups in total. The molecule has 0 bridgehead atoms. The summed E-state index contributed by atoms with van der Waals surface area (Å²) in [6.07, 6.45) is 3.36. The minimum absolute atomic E-state index is 0.0170. The molecule has 0 radical (unpaired) electrons. The molecule has 0 atom stereocenters. The molecule has 4 nitrogen and oxygen atoms in total. The molecule has 4 heteroatoms. The van der Waals surface area contributed by atoms with Gasteiger partial charge in [0.05, 0.1) is 0 Å². The fourth-order valence-corrected chi connectivity index (χ4v) is 2.87. The molecule has 1 aromatic carbocycles. The monoisotopic (exact) mass is 262 g/mol. The summed E-state index contributed by atoms with van der Waals surface area (Å²) < 4.78 is 5.32. The smallest absolute Gasteiger partial charge is 0.407 e. The maximum absolute atomic E-state index is 11.2. The van der Waals surface area contributed by atoms with E-state index in [0.29, 0.717) is 6.54 Å². The molecule has 2 rings (SSSR count). The van der Waals surface area contributed by atoms with Gasteiger partial charge in [-0.3, -0.25) is 0 Å².